The van der Waals surface area contributed by atoms with E-state index in [1.165, 1.54) is 28.8 Å². The molecule has 0 radical (unpaired) electrons. The summed E-state index contributed by atoms with van der Waals surface area (Å²) in [6.45, 7) is 0.383. The van der Waals surface area contributed by atoms with Crippen LogP contribution in [0.3, 0.4) is 0 Å². The molecular formula is C23H17F2N7O2. The number of carbonyl (C=O) groups excluding carboxylic acids is 1. The molecule has 9 nitrogen and oxygen atoms in total. The molecule has 0 saturated heterocycles. The zero-order valence-electron chi connectivity index (χ0n) is 17.6. The minimum Gasteiger partial charge on any atom is -0.475 e. The van der Waals surface area contributed by atoms with E-state index in [1.54, 1.807) is 42.5 Å². The lowest BCUT2D eigenvalue weighted by atomic mass is 10.1. The number of ether oxygens (including phenoxy) is 1. The molecule has 0 unspecified atom stereocenters. The third kappa shape index (κ3) is 4.44. The summed E-state index contributed by atoms with van der Waals surface area (Å²) in [5.41, 5.74) is 2.66. The minimum atomic E-state index is -0.356. The number of nitrogens with one attached hydrogen (secondary N) is 2. The molecule has 0 bridgehead atoms. The minimum absolute atomic E-state index is 0.164. The van der Waals surface area contributed by atoms with Crippen molar-refractivity contribution in [2.75, 3.05) is 13.2 Å². The summed E-state index contributed by atoms with van der Waals surface area (Å²) in [6, 6.07) is 16.6. The number of aromatic nitrogens is 6. The van der Waals surface area contributed by atoms with E-state index in [0.29, 0.717) is 34.2 Å². The number of hydrogen-bond acceptors (Lipinski definition) is 6. The van der Waals surface area contributed by atoms with E-state index in [2.05, 4.69) is 30.8 Å². The lowest BCUT2D eigenvalue weighted by Gasteiger charge is -2.07. The predicted molar refractivity (Wildman–Crippen MR) is 118 cm³/mol. The third-order valence-corrected chi connectivity index (χ3v) is 4.94. The molecule has 170 valence electrons. The largest absolute Gasteiger partial charge is 0.475 e. The van der Waals surface area contributed by atoms with Crippen LogP contribution in [0.5, 0.6) is 5.88 Å². The maximum absolute atomic E-state index is 13.2. The van der Waals surface area contributed by atoms with Gasteiger partial charge in [0.1, 0.15) is 23.9 Å². The second-order valence-corrected chi connectivity index (χ2v) is 7.25. The average molecular weight is 461 g/mol. The fourth-order valence-electron chi connectivity index (χ4n) is 3.25. The summed E-state index contributed by atoms with van der Waals surface area (Å²) in [5.74, 6) is -0.291. The van der Waals surface area contributed by atoms with E-state index in [-0.39, 0.29) is 36.4 Å². The molecule has 0 aliphatic rings. The molecule has 5 rings (SSSR count). The average Bonchev–Trinajstić information content (AvgIpc) is 3.50. The van der Waals surface area contributed by atoms with E-state index in [4.69, 9.17) is 4.74 Å². The molecule has 0 aliphatic carbocycles. The molecule has 34 heavy (non-hydrogen) atoms. The highest BCUT2D eigenvalue weighted by molar-refractivity contribution is 5.93. The highest BCUT2D eigenvalue weighted by Crippen LogP contribution is 2.20. The van der Waals surface area contributed by atoms with Crippen LogP contribution in [-0.4, -0.2) is 49.1 Å². The van der Waals surface area contributed by atoms with Crippen LogP contribution >= 0.6 is 0 Å². The Bertz CT molecular complexity index is 1450. The maximum atomic E-state index is 13.2. The number of halogens is 2. The van der Waals surface area contributed by atoms with Gasteiger partial charge in [-0.1, -0.05) is 0 Å². The normalized spacial score (nSPS) is 11.0. The standard InChI is InChI=1S/C23H17F2N7O2/c24-16-5-1-14(2-6-16)18-13-19(28-27-18)23(33)26-11-12-34-21-10-9-20-29-30-22(32(20)31-21)15-3-7-17(25)8-4-15/h1-10,13H,11-12H2,(H,26,33)(H,27,28). The number of amides is 1. The van der Waals surface area contributed by atoms with E-state index >= 15 is 0 Å². The Hall–Kier alpha value is -4.67. The molecule has 0 saturated carbocycles. The fourth-order valence-corrected chi connectivity index (χ4v) is 3.25. The van der Waals surface area contributed by atoms with Crippen molar-refractivity contribution < 1.29 is 18.3 Å². The van der Waals surface area contributed by atoms with Gasteiger partial charge in [0.2, 0.25) is 5.88 Å². The summed E-state index contributed by atoms with van der Waals surface area (Å²) in [4.78, 5) is 12.4. The number of nitrogens with zero attached hydrogens (tertiary/aromatic N) is 5. The first kappa shape index (κ1) is 21.2. The number of benzene rings is 2. The highest BCUT2D eigenvalue weighted by Gasteiger charge is 2.12. The quantitative estimate of drug-likeness (QED) is 0.360. The smallest absolute Gasteiger partial charge is 0.269 e. The lowest BCUT2D eigenvalue weighted by molar-refractivity contribution is 0.0941. The Morgan fingerprint density at radius 1 is 0.941 bits per heavy atom. The van der Waals surface area contributed by atoms with Crippen LogP contribution in [0, 0.1) is 11.6 Å². The number of hydrogen-bond donors (Lipinski definition) is 2. The summed E-state index contributed by atoms with van der Waals surface area (Å²) in [7, 11) is 0. The van der Waals surface area contributed by atoms with Gasteiger partial charge in [0.05, 0.1) is 12.2 Å². The van der Waals surface area contributed by atoms with Crippen LogP contribution in [0.1, 0.15) is 10.5 Å². The zero-order chi connectivity index (χ0) is 23.5. The van der Waals surface area contributed by atoms with Gasteiger partial charge in [-0.25, -0.2) is 8.78 Å². The van der Waals surface area contributed by atoms with Gasteiger partial charge < -0.3 is 10.1 Å². The van der Waals surface area contributed by atoms with Crippen LogP contribution in [0.25, 0.3) is 28.3 Å². The van der Waals surface area contributed by atoms with Crippen molar-refractivity contribution in [3.05, 3.63) is 84.1 Å². The maximum Gasteiger partial charge on any atom is 0.269 e. The SMILES string of the molecule is O=C(NCCOc1ccc2nnc(-c3ccc(F)cc3)n2n1)c1cc(-c2ccc(F)cc2)n[nH]1. The van der Waals surface area contributed by atoms with Gasteiger partial charge in [-0.3, -0.25) is 9.89 Å². The number of carbonyl (C=O) groups is 1. The van der Waals surface area contributed by atoms with Crippen molar-refractivity contribution >= 4 is 11.6 Å². The topological polar surface area (TPSA) is 110 Å². The predicted octanol–water partition coefficient (Wildman–Crippen LogP) is 3.27. The number of fused-ring (bicyclic) bond motifs is 1. The molecule has 5 aromatic rings. The molecule has 2 aromatic carbocycles. The monoisotopic (exact) mass is 461 g/mol. The first-order chi connectivity index (χ1) is 16.6. The van der Waals surface area contributed by atoms with Crippen molar-refractivity contribution in [2.45, 2.75) is 0 Å². The van der Waals surface area contributed by atoms with E-state index in [1.807, 2.05) is 0 Å². The van der Waals surface area contributed by atoms with Gasteiger partial charge in [-0.05, 0) is 60.7 Å². The highest BCUT2D eigenvalue weighted by atomic mass is 19.1. The fraction of sp³-hybridized carbons (Fsp3) is 0.0870. The van der Waals surface area contributed by atoms with Crippen LogP contribution < -0.4 is 10.1 Å². The van der Waals surface area contributed by atoms with Gasteiger partial charge in [0.15, 0.2) is 11.5 Å². The summed E-state index contributed by atoms with van der Waals surface area (Å²) < 4.78 is 33.4. The van der Waals surface area contributed by atoms with Crippen LogP contribution in [0.2, 0.25) is 0 Å². The molecular weight excluding hydrogens is 444 g/mol. The zero-order valence-corrected chi connectivity index (χ0v) is 17.6. The Balaban J connectivity index is 1.19. The van der Waals surface area contributed by atoms with E-state index < -0.39 is 0 Å². The van der Waals surface area contributed by atoms with E-state index in [0.717, 1.165) is 0 Å². The molecule has 0 spiro atoms. The van der Waals surface area contributed by atoms with Crippen LogP contribution in [0.15, 0.2) is 66.7 Å². The Morgan fingerprint density at radius 2 is 1.65 bits per heavy atom. The summed E-state index contributed by atoms with van der Waals surface area (Å²) in [5, 5.41) is 22.0. The molecule has 3 heterocycles. The Kier molecular flexibility index (Phi) is 5.65. The lowest BCUT2D eigenvalue weighted by Crippen LogP contribution is -2.28. The second-order valence-electron chi connectivity index (χ2n) is 7.25. The summed E-state index contributed by atoms with van der Waals surface area (Å²) in [6.07, 6.45) is 0. The van der Waals surface area contributed by atoms with Crippen molar-refractivity contribution in [3.63, 3.8) is 0 Å². The van der Waals surface area contributed by atoms with Gasteiger partial charge in [0.25, 0.3) is 5.91 Å². The number of H-pyrrole nitrogens is 1. The van der Waals surface area contributed by atoms with E-state index in [9.17, 15) is 13.6 Å². The van der Waals surface area contributed by atoms with Crippen LogP contribution in [-0.2, 0) is 0 Å². The molecule has 0 aliphatic heterocycles. The van der Waals surface area contributed by atoms with Gasteiger partial charge in [0, 0.05) is 17.2 Å². The van der Waals surface area contributed by atoms with Gasteiger partial charge in [-0.15, -0.1) is 15.3 Å². The molecule has 11 heteroatoms. The first-order valence-corrected chi connectivity index (χ1v) is 10.3. The van der Waals surface area contributed by atoms with Gasteiger partial charge >= 0.3 is 0 Å². The van der Waals surface area contributed by atoms with Crippen molar-refractivity contribution in [1.29, 1.82) is 0 Å². The Labute approximate surface area is 191 Å². The first-order valence-electron chi connectivity index (χ1n) is 10.3. The van der Waals surface area contributed by atoms with Crippen molar-refractivity contribution in [2.24, 2.45) is 0 Å². The second kappa shape index (κ2) is 9.06. The van der Waals surface area contributed by atoms with Gasteiger partial charge in [-0.2, -0.15) is 9.61 Å². The summed E-state index contributed by atoms with van der Waals surface area (Å²) >= 11 is 0. The van der Waals surface area contributed by atoms with Crippen LogP contribution in [0.4, 0.5) is 8.78 Å². The molecule has 0 fully saturated rings. The van der Waals surface area contributed by atoms with Crippen molar-refractivity contribution in [3.8, 4) is 28.5 Å². The molecule has 1 amide bonds. The van der Waals surface area contributed by atoms with Crippen molar-refractivity contribution in [1.82, 2.24) is 35.3 Å². The molecule has 3 aromatic heterocycles. The third-order valence-electron chi connectivity index (χ3n) is 4.94. The number of rotatable bonds is 7. The Morgan fingerprint density at radius 3 is 2.38 bits per heavy atom. The molecule has 0 atom stereocenters. The number of aromatic amines is 1. The molecule has 2 N–H and O–H groups in total.